The molecule has 2 N–H and O–H groups in total. The third kappa shape index (κ3) is 4.18. The van der Waals surface area contributed by atoms with Crippen LogP contribution < -0.4 is 5.73 Å². The summed E-state index contributed by atoms with van der Waals surface area (Å²) in [5, 5.41) is 0. The number of nitrogens with two attached hydrogens (primary N) is 1. The zero-order chi connectivity index (χ0) is 13.2. The molecule has 6 heteroatoms. The molecule has 0 radical (unpaired) electrons. The zero-order valence-electron chi connectivity index (χ0n) is 10.9. The van der Waals surface area contributed by atoms with Crippen LogP contribution >= 0.6 is 12.4 Å². The summed E-state index contributed by atoms with van der Waals surface area (Å²) in [7, 11) is -3.13. The van der Waals surface area contributed by atoms with Crippen LogP contribution in [0, 0.1) is 5.92 Å². The fourth-order valence-electron chi connectivity index (χ4n) is 2.28. The average molecular weight is 306 g/mol. The molecule has 1 aliphatic heterocycles. The standard InChI is InChI=1S/C13H19NO3S.ClH/c1-18(15,16)12-4-2-10(3-5-12)13(14)11-6-8-17-9-7-11;/h2-5,11,13H,6-9,14H2,1H3;1H/t13-;/m1./s1. The lowest BCUT2D eigenvalue weighted by molar-refractivity contribution is 0.0584. The van der Waals surface area contributed by atoms with Gasteiger partial charge in [-0.05, 0) is 36.5 Å². The number of rotatable bonds is 3. The number of halogens is 1. The fraction of sp³-hybridized carbons (Fsp3) is 0.538. The van der Waals surface area contributed by atoms with Crippen molar-refractivity contribution in [2.75, 3.05) is 19.5 Å². The smallest absolute Gasteiger partial charge is 0.175 e. The first-order chi connectivity index (χ1) is 8.48. The van der Waals surface area contributed by atoms with E-state index in [1.165, 1.54) is 6.26 Å². The fourth-order valence-corrected chi connectivity index (χ4v) is 2.91. The molecule has 2 rings (SSSR count). The molecule has 1 saturated heterocycles. The highest BCUT2D eigenvalue weighted by molar-refractivity contribution is 7.90. The van der Waals surface area contributed by atoms with Crippen LogP contribution in [0.25, 0.3) is 0 Å². The molecule has 0 aromatic heterocycles. The third-order valence-electron chi connectivity index (χ3n) is 3.47. The van der Waals surface area contributed by atoms with Crippen molar-refractivity contribution in [1.82, 2.24) is 0 Å². The van der Waals surface area contributed by atoms with Gasteiger partial charge in [-0.25, -0.2) is 8.42 Å². The monoisotopic (exact) mass is 305 g/mol. The van der Waals surface area contributed by atoms with Crippen LogP contribution in [0.1, 0.15) is 24.4 Å². The van der Waals surface area contributed by atoms with E-state index in [4.69, 9.17) is 10.5 Å². The van der Waals surface area contributed by atoms with Crippen LogP contribution in [0.15, 0.2) is 29.2 Å². The number of hydrogen-bond acceptors (Lipinski definition) is 4. The molecule has 1 aliphatic rings. The van der Waals surface area contributed by atoms with E-state index in [1.54, 1.807) is 12.1 Å². The van der Waals surface area contributed by atoms with Crippen molar-refractivity contribution < 1.29 is 13.2 Å². The molecule has 1 fully saturated rings. The van der Waals surface area contributed by atoms with Gasteiger partial charge in [0.05, 0.1) is 4.90 Å². The summed E-state index contributed by atoms with van der Waals surface area (Å²) in [6, 6.07) is 6.85. The van der Waals surface area contributed by atoms with Crippen molar-refractivity contribution in [3.8, 4) is 0 Å². The molecule has 4 nitrogen and oxygen atoms in total. The molecule has 1 aromatic carbocycles. The van der Waals surface area contributed by atoms with Crippen molar-refractivity contribution in [2.24, 2.45) is 11.7 Å². The molecule has 108 valence electrons. The molecule has 0 aliphatic carbocycles. The van der Waals surface area contributed by atoms with E-state index >= 15 is 0 Å². The van der Waals surface area contributed by atoms with Crippen molar-refractivity contribution in [3.63, 3.8) is 0 Å². The SMILES string of the molecule is CS(=O)(=O)c1ccc([C@@H](N)C2CCOCC2)cc1.Cl. The second-order valence-electron chi connectivity index (χ2n) is 4.82. The normalized spacial score (nSPS) is 18.6. The predicted octanol–water partition coefficient (Wildman–Crippen LogP) is 1.94. The van der Waals surface area contributed by atoms with E-state index in [2.05, 4.69) is 0 Å². The molecule has 1 atom stereocenters. The van der Waals surface area contributed by atoms with E-state index < -0.39 is 9.84 Å². The van der Waals surface area contributed by atoms with Gasteiger partial charge in [-0.1, -0.05) is 12.1 Å². The van der Waals surface area contributed by atoms with E-state index in [1.807, 2.05) is 12.1 Å². The first-order valence-corrected chi connectivity index (χ1v) is 8.01. The van der Waals surface area contributed by atoms with E-state index in [0.29, 0.717) is 10.8 Å². The third-order valence-corrected chi connectivity index (χ3v) is 4.60. The Hall–Kier alpha value is -0.620. The number of benzene rings is 1. The van der Waals surface area contributed by atoms with Crippen LogP contribution in [0.4, 0.5) is 0 Å². The number of hydrogen-bond donors (Lipinski definition) is 1. The molecular weight excluding hydrogens is 286 g/mol. The van der Waals surface area contributed by atoms with Gasteiger partial charge < -0.3 is 10.5 Å². The molecule has 1 aromatic rings. The first kappa shape index (κ1) is 16.4. The lowest BCUT2D eigenvalue weighted by atomic mass is 9.88. The highest BCUT2D eigenvalue weighted by atomic mass is 35.5. The minimum atomic E-state index is -3.13. The Morgan fingerprint density at radius 2 is 1.74 bits per heavy atom. The van der Waals surface area contributed by atoms with Gasteiger partial charge >= 0.3 is 0 Å². The van der Waals surface area contributed by atoms with Crippen molar-refractivity contribution >= 4 is 22.2 Å². The van der Waals surface area contributed by atoms with Crippen molar-refractivity contribution in [1.29, 1.82) is 0 Å². The van der Waals surface area contributed by atoms with Gasteiger partial charge in [0.1, 0.15) is 0 Å². The Labute approximate surface area is 120 Å². The summed E-state index contributed by atoms with van der Waals surface area (Å²) in [5.41, 5.74) is 7.22. The first-order valence-electron chi connectivity index (χ1n) is 6.12. The molecule has 0 unspecified atom stereocenters. The molecule has 0 bridgehead atoms. The second kappa shape index (κ2) is 6.70. The lowest BCUT2D eigenvalue weighted by Gasteiger charge is -2.27. The Morgan fingerprint density at radius 1 is 1.21 bits per heavy atom. The van der Waals surface area contributed by atoms with Crippen LogP contribution in [-0.2, 0) is 14.6 Å². The maximum atomic E-state index is 11.4. The van der Waals surface area contributed by atoms with Gasteiger partial charge in [-0.3, -0.25) is 0 Å². The van der Waals surface area contributed by atoms with Gasteiger partial charge in [0.2, 0.25) is 0 Å². The van der Waals surface area contributed by atoms with E-state index in [0.717, 1.165) is 31.6 Å². The average Bonchev–Trinajstić information content (AvgIpc) is 2.38. The minimum Gasteiger partial charge on any atom is -0.381 e. The Bertz CT molecular complexity index is 495. The predicted molar refractivity (Wildman–Crippen MR) is 77.3 cm³/mol. The maximum absolute atomic E-state index is 11.4. The summed E-state index contributed by atoms with van der Waals surface area (Å²) in [5.74, 6) is 0.419. The van der Waals surface area contributed by atoms with E-state index in [9.17, 15) is 8.42 Å². The van der Waals surface area contributed by atoms with Gasteiger partial charge in [0.15, 0.2) is 9.84 Å². The van der Waals surface area contributed by atoms with E-state index in [-0.39, 0.29) is 18.4 Å². The largest absolute Gasteiger partial charge is 0.381 e. The molecule has 0 saturated carbocycles. The van der Waals surface area contributed by atoms with Gasteiger partial charge in [-0.2, -0.15) is 0 Å². The Balaban J connectivity index is 0.00000180. The summed E-state index contributed by atoms with van der Waals surface area (Å²) in [6.07, 6.45) is 3.14. The van der Waals surface area contributed by atoms with Gasteiger partial charge in [-0.15, -0.1) is 12.4 Å². The van der Waals surface area contributed by atoms with Crippen molar-refractivity contribution in [3.05, 3.63) is 29.8 Å². The number of sulfone groups is 1. The molecular formula is C13H20ClNO3S. The summed E-state index contributed by atoms with van der Waals surface area (Å²) >= 11 is 0. The van der Waals surface area contributed by atoms with Gasteiger partial charge in [0, 0.05) is 25.5 Å². The molecule has 0 spiro atoms. The van der Waals surface area contributed by atoms with Crippen LogP contribution in [0.5, 0.6) is 0 Å². The maximum Gasteiger partial charge on any atom is 0.175 e. The minimum absolute atomic E-state index is 0. The summed E-state index contributed by atoms with van der Waals surface area (Å²) in [6.45, 7) is 1.53. The van der Waals surface area contributed by atoms with Crippen LogP contribution in [0.2, 0.25) is 0 Å². The Kier molecular flexibility index (Phi) is 5.80. The van der Waals surface area contributed by atoms with Crippen LogP contribution in [-0.4, -0.2) is 27.9 Å². The number of ether oxygens (including phenoxy) is 1. The second-order valence-corrected chi connectivity index (χ2v) is 6.83. The topological polar surface area (TPSA) is 69.4 Å². The molecule has 0 amide bonds. The van der Waals surface area contributed by atoms with Crippen LogP contribution in [0.3, 0.4) is 0 Å². The lowest BCUT2D eigenvalue weighted by Crippen LogP contribution is -2.27. The summed E-state index contributed by atoms with van der Waals surface area (Å²) < 4.78 is 28.1. The molecule has 19 heavy (non-hydrogen) atoms. The highest BCUT2D eigenvalue weighted by Gasteiger charge is 2.22. The molecule has 1 heterocycles. The van der Waals surface area contributed by atoms with Gasteiger partial charge in [0.25, 0.3) is 0 Å². The summed E-state index contributed by atoms with van der Waals surface area (Å²) in [4.78, 5) is 0.338. The zero-order valence-corrected chi connectivity index (χ0v) is 12.5. The van der Waals surface area contributed by atoms with Crippen molar-refractivity contribution in [2.45, 2.75) is 23.8 Å². The highest BCUT2D eigenvalue weighted by Crippen LogP contribution is 2.28. The Morgan fingerprint density at radius 3 is 2.21 bits per heavy atom. The quantitative estimate of drug-likeness (QED) is 0.926.